The Hall–Kier alpha value is -1.59. The minimum Gasteiger partial charge on any atom is -1.00 e. The Kier molecular flexibility index (Phi) is 9.43. The summed E-state index contributed by atoms with van der Waals surface area (Å²) in [6, 6.07) is 29.1. The topological polar surface area (TPSA) is 0 Å². The van der Waals surface area contributed by atoms with E-state index in [-0.39, 0.29) is 35.3 Å². The Balaban J connectivity index is 0.00000220. The Labute approximate surface area is 265 Å². The second-order valence-electron chi connectivity index (χ2n) is 12.3. The number of benzene rings is 4. The van der Waals surface area contributed by atoms with Crippen LogP contribution in [0.3, 0.4) is 0 Å². The SMILES string of the molecule is Cc1ccc(C2CC[CH2][Al]([c]3ccc(C)cc3C)[C]2(c2ccc(C)cc2C)c2ccc(C)cc2C)c(C)c1.[H-].[Na+]. The van der Waals surface area contributed by atoms with E-state index < -0.39 is 14.1 Å². The van der Waals surface area contributed by atoms with Crippen molar-refractivity contribution in [2.45, 2.75) is 83.7 Å². The number of hydrogen-bond donors (Lipinski definition) is 0. The van der Waals surface area contributed by atoms with Crippen LogP contribution < -0.4 is 34.0 Å². The molecule has 0 spiro atoms. The first-order chi connectivity index (χ1) is 18.1. The molecule has 4 aromatic rings. The van der Waals surface area contributed by atoms with Crippen molar-refractivity contribution in [1.82, 2.24) is 0 Å². The quantitative estimate of drug-likeness (QED) is 0.277. The van der Waals surface area contributed by atoms with Crippen LogP contribution in [0.1, 0.15) is 81.4 Å². The van der Waals surface area contributed by atoms with Crippen LogP contribution in [0.4, 0.5) is 0 Å². The molecule has 1 saturated heterocycles. The summed E-state index contributed by atoms with van der Waals surface area (Å²) in [6.07, 6.45) is 2.54. The molecule has 1 unspecified atom stereocenters. The van der Waals surface area contributed by atoms with Crippen LogP contribution in [0.2, 0.25) is 5.28 Å². The van der Waals surface area contributed by atoms with E-state index in [1.165, 1.54) is 62.6 Å². The van der Waals surface area contributed by atoms with Gasteiger partial charge in [0.15, 0.2) is 0 Å². The molecule has 4 aromatic carbocycles. The van der Waals surface area contributed by atoms with Crippen molar-refractivity contribution in [3.8, 4) is 0 Å². The van der Waals surface area contributed by atoms with Crippen LogP contribution in [-0.2, 0) is 4.28 Å². The van der Waals surface area contributed by atoms with Crippen LogP contribution >= 0.6 is 0 Å². The molecule has 196 valence electrons. The molecule has 1 fully saturated rings. The monoisotopic (exact) mass is 538 g/mol. The van der Waals surface area contributed by atoms with E-state index in [9.17, 15) is 0 Å². The minimum atomic E-state index is -1.60. The van der Waals surface area contributed by atoms with Crippen molar-refractivity contribution in [1.29, 1.82) is 0 Å². The van der Waals surface area contributed by atoms with Crippen LogP contribution in [0.15, 0.2) is 72.8 Å². The van der Waals surface area contributed by atoms with Gasteiger partial charge in [0.25, 0.3) is 0 Å². The standard InChI is InChI=1S/C29H34.C8H9.Al.Na.H/c1-8-9-28(25-13-10-19(2)16-22(25)5)29(26-14-11-20(3)17-23(26)6)27-15-12-21(4)18-24(27)7;1-7-4-3-5-8(2)6-7;;;/h10-18,28H,1,8-9H2,2-7H3;3-4,6H,1-2H3;;;/q;;;+1;-1. The van der Waals surface area contributed by atoms with Crippen LogP contribution in [0, 0.1) is 55.4 Å². The Morgan fingerprint density at radius 3 is 1.54 bits per heavy atom. The molecule has 0 aliphatic carbocycles. The molecule has 0 radical (unpaired) electrons. The molecule has 1 aliphatic heterocycles. The first kappa shape index (κ1) is 30.4. The molecule has 0 amide bonds. The van der Waals surface area contributed by atoms with E-state index in [1.54, 1.807) is 21.1 Å². The molecule has 1 atom stereocenters. The number of hydrogen-bond acceptors (Lipinski definition) is 0. The Morgan fingerprint density at radius 1 is 0.590 bits per heavy atom. The van der Waals surface area contributed by atoms with Gasteiger partial charge in [-0.25, -0.2) is 0 Å². The largest absolute Gasteiger partial charge is 1.00 e. The molecular weight excluding hydrogens is 494 g/mol. The first-order valence-electron chi connectivity index (χ1n) is 14.4. The third kappa shape index (κ3) is 5.52. The summed E-state index contributed by atoms with van der Waals surface area (Å²) in [5, 5.41) is 1.34. The predicted octanol–water partition coefficient (Wildman–Crippen LogP) is 6.08. The molecule has 0 N–H and O–H groups in total. The smallest absolute Gasteiger partial charge is 1.00 e. The van der Waals surface area contributed by atoms with Crippen molar-refractivity contribution in [3.63, 3.8) is 0 Å². The van der Waals surface area contributed by atoms with Gasteiger partial charge in [-0.1, -0.05) is 112 Å². The third-order valence-electron chi connectivity index (χ3n) is 9.34. The van der Waals surface area contributed by atoms with E-state index in [2.05, 4.69) is 128 Å². The average Bonchev–Trinajstić information content (AvgIpc) is 2.84. The summed E-state index contributed by atoms with van der Waals surface area (Å²) in [7, 11) is 0. The van der Waals surface area contributed by atoms with E-state index in [0.29, 0.717) is 5.92 Å². The number of aryl methyl sites for hydroxylation is 8. The van der Waals surface area contributed by atoms with Gasteiger partial charge < -0.3 is 1.43 Å². The van der Waals surface area contributed by atoms with Crippen LogP contribution in [0.5, 0.6) is 0 Å². The fraction of sp³-hybridized carbons (Fsp3) is 0.351. The van der Waals surface area contributed by atoms with Gasteiger partial charge in [-0.15, -0.1) is 4.43 Å². The maximum absolute atomic E-state index is 2.51. The molecule has 0 aromatic heterocycles. The van der Waals surface area contributed by atoms with E-state index in [4.69, 9.17) is 0 Å². The maximum atomic E-state index is 2.51. The Morgan fingerprint density at radius 2 is 1.05 bits per heavy atom. The maximum Gasteiger partial charge on any atom is 1.00 e. The van der Waals surface area contributed by atoms with E-state index in [1.807, 2.05) is 0 Å². The summed E-state index contributed by atoms with van der Waals surface area (Å²) in [4.78, 5) is 0. The second kappa shape index (κ2) is 12.1. The van der Waals surface area contributed by atoms with Crippen molar-refractivity contribution in [2.24, 2.45) is 0 Å². The second-order valence-corrected chi connectivity index (χ2v) is 15.5. The van der Waals surface area contributed by atoms with Gasteiger partial charge >= 0.3 is 43.7 Å². The van der Waals surface area contributed by atoms with Gasteiger partial charge in [0.2, 0.25) is 0 Å². The molecule has 2 heteroatoms. The van der Waals surface area contributed by atoms with Crippen molar-refractivity contribution in [2.75, 3.05) is 0 Å². The van der Waals surface area contributed by atoms with Crippen molar-refractivity contribution < 1.29 is 31.0 Å². The molecule has 0 nitrogen and oxygen atoms in total. The minimum absolute atomic E-state index is 0. The van der Waals surface area contributed by atoms with Gasteiger partial charge in [0.05, 0.1) is 0 Å². The summed E-state index contributed by atoms with van der Waals surface area (Å²) in [6.45, 7) is 18.4. The zero-order valence-electron chi connectivity index (χ0n) is 26.7. The summed E-state index contributed by atoms with van der Waals surface area (Å²) < 4.78 is 1.64. The van der Waals surface area contributed by atoms with Gasteiger partial charge in [-0.3, -0.25) is 0 Å². The normalized spacial score (nSPS) is 16.6. The molecule has 39 heavy (non-hydrogen) atoms. The third-order valence-corrected chi connectivity index (χ3v) is 13.8. The van der Waals surface area contributed by atoms with Gasteiger partial charge in [0.1, 0.15) is 0 Å². The Bertz CT molecular complexity index is 1390. The zero-order chi connectivity index (χ0) is 27.2. The van der Waals surface area contributed by atoms with E-state index in [0.717, 1.165) is 0 Å². The molecule has 0 saturated carbocycles. The number of rotatable bonds is 4. The molecule has 0 bridgehead atoms. The van der Waals surface area contributed by atoms with Gasteiger partial charge in [-0.2, -0.15) is 0 Å². The molecule has 5 rings (SSSR count). The van der Waals surface area contributed by atoms with Crippen LogP contribution in [0.25, 0.3) is 0 Å². The zero-order valence-corrected chi connectivity index (χ0v) is 28.9. The molecule has 1 aliphatic rings. The van der Waals surface area contributed by atoms with Crippen molar-refractivity contribution >= 4 is 18.6 Å². The molecule has 1 heterocycles. The first-order valence-corrected chi connectivity index (χ1v) is 16.4. The summed E-state index contributed by atoms with van der Waals surface area (Å²) in [5.74, 6) is 0.456. The fourth-order valence-corrected chi connectivity index (χ4v) is 13.0. The summed E-state index contributed by atoms with van der Waals surface area (Å²) >= 11 is -1.60. The van der Waals surface area contributed by atoms with E-state index >= 15 is 0 Å². The molecular formula is C37H44AlNa. The fourth-order valence-electron chi connectivity index (χ4n) is 7.91. The summed E-state index contributed by atoms with van der Waals surface area (Å²) in [5.41, 5.74) is 15.9. The van der Waals surface area contributed by atoms with Gasteiger partial charge in [0, 0.05) is 0 Å². The predicted molar refractivity (Wildman–Crippen MR) is 168 cm³/mol. The van der Waals surface area contributed by atoms with Gasteiger partial charge in [-0.05, 0) is 105 Å². The van der Waals surface area contributed by atoms with Crippen LogP contribution in [-0.4, -0.2) is 14.1 Å². The average molecular weight is 539 g/mol. The van der Waals surface area contributed by atoms with Crippen molar-refractivity contribution in [3.05, 3.63) is 134 Å².